The van der Waals surface area contributed by atoms with Crippen LogP contribution in [0.5, 0.6) is 11.5 Å². The molecule has 0 heterocycles. The van der Waals surface area contributed by atoms with E-state index >= 15 is 0 Å². The van der Waals surface area contributed by atoms with E-state index in [9.17, 15) is 5.11 Å². The maximum atomic E-state index is 9.49. The van der Waals surface area contributed by atoms with Crippen LogP contribution in [0.4, 0.5) is 0 Å². The number of benzene rings is 2. The molecule has 0 amide bonds. The van der Waals surface area contributed by atoms with Gasteiger partial charge in [0.15, 0.2) is 17.5 Å². The van der Waals surface area contributed by atoms with Gasteiger partial charge >= 0.3 is 0 Å². The number of aliphatic imine (C=N–C) groups is 1. The van der Waals surface area contributed by atoms with Crippen molar-refractivity contribution in [2.45, 2.75) is 26.5 Å². The number of ether oxygens (including phenoxy) is 2. The van der Waals surface area contributed by atoms with Crippen molar-refractivity contribution >= 4 is 5.96 Å². The molecule has 0 aliphatic rings. The lowest BCUT2D eigenvalue weighted by Crippen LogP contribution is -2.40. The molecule has 0 spiro atoms. The predicted molar refractivity (Wildman–Crippen MR) is 113 cm³/mol. The van der Waals surface area contributed by atoms with E-state index in [2.05, 4.69) is 23.2 Å². The molecule has 2 rings (SSSR count). The van der Waals surface area contributed by atoms with Crippen molar-refractivity contribution in [1.29, 1.82) is 0 Å². The standard InChI is InChI=1S/C22H31N3O3/c1-5-23-22(24-15-18-8-6-7-9-19(18)16-26)25(2)13-12-17-10-11-20(27-3)21(14-17)28-4/h6-11,14,26H,5,12-13,15-16H2,1-4H3,(H,23,24). The van der Waals surface area contributed by atoms with Gasteiger partial charge in [0.2, 0.25) is 0 Å². The molecule has 0 saturated carbocycles. The first-order valence-corrected chi connectivity index (χ1v) is 9.50. The van der Waals surface area contributed by atoms with E-state index in [0.717, 1.165) is 48.1 Å². The fourth-order valence-electron chi connectivity index (χ4n) is 2.93. The molecular formula is C22H31N3O3. The van der Waals surface area contributed by atoms with Crippen LogP contribution in [0.1, 0.15) is 23.6 Å². The quantitative estimate of drug-likeness (QED) is 0.513. The second-order valence-corrected chi connectivity index (χ2v) is 6.46. The van der Waals surface area contributed by atoms with E-state index in [-0.39, 0.29) is 6.61 Å². The zero-order valence-corrected chi connectivity index (χ0v) is 17.2. The summed E-state index contributed by atoms with van der Waals surface area (Å²) in [4.78, 5) is 6.85. The molecule has 0 saturated heterocycles. The molecule has 0 aliphatic carbocycles. The average molecular weight is 386 g/mol. The van der Waals surface area contributed by atoms with Crippen molar-refractivity contribution in [3.05, 3.63) is 59.2 Å². The van der Waals surface area contributed by atoms with Crippen molar-refractivity contribution in [2.24, 2.45) is 4.99 Å². The Morgan fingerprint density at radius 3 is 2.43 bits per heavy atom. The number of guanidine groups is 1. The van der Waals surface area contributed by atoms with Gasteiger partial charge in [-0.3, -0.25) is 0 Å². The maximum Gasteiger partial charge on any atom is 0.193 e. The molecule has 0 bridgehead atoms. The van der Waals surface area contributed by atoms with Crippen LogP contribution in [0.25, 0.3) is 0 Å². The number of aliphatic hydroxyl groups is 1. The van der Waals surface area contributed by atoms with E-state index < -0.39 is 0 Å². The van der Waals surface area contributed by atoms with Crippen molar-refractivity contribution in [1.82, 2.24) is 10.2 Å². The Balaban J connectivity index is 2.05. The predicted octanol–water partition coefficient (Wildman–Crippen LogP) is 2.84. The fourth-order valence-corrected chi connectivity index (χ4v) is 2.93. The zero-order valence-electron chi connectivity index (χ0n) is 17.2. The molecular weight excluding hydrogens is 354 g/mol. The first-order chi connectivity index (χ1) is 13.6. The average Bonchev–Trinajstić information content (AvgIpc) is 2.74. The van der Waals surface area contributed by atoms with Crippen molar-refractivity contribution in [3.63, 3.8) is 0 Å². The number of nitrogens with zero attached hydrogens (tertiary/aromatic N) is 2. The number of nitrogens with one attached hydrogen (secondary N) is 1. The Labute approximate surface area is 167 Å². The van der Waals surface area contributed by atoms with Crippen molar-refractivity contribution in [3.8, 4) is 11.5 Å². The third kappa shape index (κ3) is 5.89. The van der Waals surface area contributed by atoms with Gasteiger partial charge in [-0.2, -0.15) is 0 Å². The van der Waals surface area contributed by atoms with Crippen molar-refractivity contribution < 1.29 is 14.6 Å². The number of methoxy groups -OCH3 is 2. The van der Waals surface area contributed by atoms with Gasteiger partial charge in [-0.25, -0.2) is 4.99 Å². The molecule has 6 nitrogen and oxygen atoms in total. The fraction of sp³-hybridized carbons (Fsp3) is 0.409. The van der Waals surface area contributed by atoms with Gasteiger partial charge < -0.3 is 24.8 Å². The Bertz CT molecular complexity index is 777. The van der Waals surface area contributed by atoms with Gasteiger partial charge in [0.05, 0.1) is 27.4 Å². The van der Waals surface area contributed by atoms with Gasteiger partial charge in [0.1, 0.15) is 0 Å². The minimum Gasteiger partial charge on any atom is -0.493 e. The number of likely N-dealkylation sites (N-methyl/N-ethyl adjacent to an activating group) is 1. The molecule has 28 heavy (non-hydrogen) atoms. The van der Waals surface area contributed by atoms with Gasteiger partial charge in [0, 0.05) is 20.1 Å². The summed E-state index contributed by atoms with van der Waals surface area (Å²) in [5.41, 5.74) is 3.12. The van der Waals surface area contributed by atoms with Crippen LogP contribution in [-0.2, 0) is 19.6 Å². The summed E-state index contributed by atoms with van der Waals surface area (Å²) in [6, 6.07) is 13.8. The molecule has 2 aromatic carbocycles. The number of rotatable bonds is 9. The van der Waals surface area contributed by atoms with E-state index in [1.54, 1.807) is 14.2 Å². The largest absolute Gasteiger partial charge is 0.493 e. The summed E-state index contributed by atoms with van der Waals surface area (Å²) in [6.07, 6.45) is 0.856. The van der Waals surface area contributed by atoms with Crippen LogP contribution in [0.3, 0.4) is 0 Å². The normalized spacial score (nSPS) is 11.2. The van der Waals surface area contributed by atoms with Crippen LogP contribution in [0.2, 0.25) is 0 Å². The summed E-state index contributed by atoms with van der Waals surface area (Å²) in [5.74, 6) is 2.32. The van der Waals surface area contributed by atoms with Crippen LogP contribution >= 0.6 is 0 Å². The number of hydrogen-bond acceptors (Lipinski definition) is 4. The highest BCUT2D eigenvalue weighted by atomic mass is 16.5. The first-order valence-electron chi connectivity index (χ1n) is 9.50. The first kappa shape index (κ1) is 21.6. The smallest absolute Gasteiger partial charge is 0.193 e. The molecule has 2 aromatic rings. The lowest BCUT2D eigenvalue weighted by molar-refractivity contribution is 0.280. The Morgan fingerprint density at radius 2 is 1.79 bits per heavy atom. The second-order valence-electron chi connectivity index (χ2n) is 6.46. The summed E-state index contributed by atoms with van der Waals surface area (Å²) in [6.45, 7) is 4.21. The van der Waals surface area contributed by atoms with E-state index in [4.69, 9.17) is 14.5 Å². The highest BCUT2D eigenvalue weighted by molar-refractivity contribution is 5.79. The molecule has 0 radical (unpaired) electrons. The number of aliphatic hydroxyl groups excluding tert-OH is 1. The van der Waals surface area contributed by atoms with E-state index in [1.165, 1.54) is 5.56 Å². The molecule has 0 atom stereocenters. The molecule has 0 aliphatic heterocycles. The topological polar surface area (TPSA) is 66.3 Å². The second kappa shape index (κ2) is 11.2. The molecule has 0 unspecified atom stereocenters. The highest BCUT2D eigenvalue weighted by Gasteiger charge is 2.09. The summed E-state index contributed by atoms with van der Waals surface area (Å²) >= 11 is 0. The highest BCUT2D eigenvalue weighted by Crippen LogP contribution is 2.27. The lowest BCUT2D eigenvalue weighted by atomic mass is 10.1. The van der Waals surface area contributed by atoms with Crippen LogP contribution in [-0.4, -0.2) is 50.3 Å². The van der Waals surface area contributed by atoms with Gasteiger partial charge in [0.25, 0.3) is 0 Å². The Kier molecular flexibility index (Phi) is 8.62. The van der Waals surface area contributed by atoms with Gasteiger partial charge in [-0.05, 0) is 42.2 Å². The molecule has 2 N–H and O–H groups in total. The molecule has 0 fully saturated rings. The van der Waals surface area contributed by atoms with Crippen LogP contribution in [0, 0.1) is 0 Å². The van der Waals surface area contributed by atoms with Crippen LogP contribution < -0.4 is 14.8 Å². The van der Waals surface area contributed by atoms with Crippen LogP contribution in [0.15, 0.2) is 47.5 Å². The van der Waals surface area contributed by atoms with Gasteiger partial charge in [-0.15, -0.1) is 0 Å². The Hall–Kier alpha value is -2.73. The zero-order chi connectivity index (χ0) is 20.4. The third-order valence-corrected chi connectivity index (χ3v) is 4.57. The van der Waals surface area contributed by atoms with Crippen molar-refractivity contribution in [2.75, 3.05) is 34.4 Å². The Morgan fingerprint density at radius 1 is 1.07 bits per heavy atom. The summed E-state index contributed by atoms with van der Waals surface area (Å²) in [7, 11) is 5.31. The SMILES string of the molecule is CCNC(=NCc1ccccc1CO)N(C)CCc1ccc(OC)c(OC)c1. The summed E-state index contributed by atoms with van der Waals surface area (Å²) in [5, 5.41) is 12.8. The minimum absolute atomic E-state index is 0.0252. The third-order valence-electron chi connectivity index (χ3n) is 4.57. The summed E-state index contributed by atoms with van der Waals surface area (Å²) < 4.78 is 10.7. The minimum atomic E-state index is 0.0252. The lowest BCUT2D eigenvalue weighted by Gasteiger charge is -2.22. The van der Waals surface area contributed by atoms with Gasteiger partial charge in [-0.1, -0.05) is 30.3 Å². The number of hydrogen-bond donors (Lipinski definition) is 2. The maximum absolute atomic E-state index is 9.49. The monoisotopic (exact) mass is 385 g/mol. The molecule has 0 aromatic heterocycles. The van der Waals surface area contributed by atoms with E-state index in [1.807, 2.05) is 43.4 Å². The van der Waals surface area contributed by atoms with E-state index in [0.29, 0.717) is 6.54 Å². The molecule has 152 valence electrons. The molecule has 6 heteroatoms.